The summed E-state index contributed by atoms with van der Waals surface area (Å²) < 4.78 is 7.34. The van der Waals surface area contributed by atoms with Gasteiger partial charge in [-0.25, -0.2) is 0 Å². The average molecular weight is 340 g/mol. The number of carbonyl (C=O) groups excluding carboxylic acids is 2. The van der Waals surface area contributed by atoms with E-state index in [0.717, 1.165) is 19.4 Å². The number of amides is 2. The molecule has 1 atom stereocenters. The zero-order valence-corrected chi connectivity index (χ0v) is 13.9. The number of ether oxygens (including phenoxy) is 1. The first-order valence-corrected chi connectivity index (χ1v) is 8.51. The minimum absolute atomic E-state index is 0.0276. The van der Waals surface area contributed by atoms with Crippen molar-refractivity contribution < 1.29 is 14.3 Å². The number of fused-ring (bicyclic) bond motifs is 1. The Kier molecular flexibility index (Phi) is 4.13. The van der Waals surface area contributed by atoms with E-state index in [0.29, 0.717) is 18.0 Å². The van der Waals surface area contributed by atoms with Crippen LogP contribution in [0.4, 0.5) is 5.69 Å². The van der Waals surface area contributed by atoms with E-state index in [4.69, 9.17) is 4.74 Å². The van der Waals surface area contributed by atoms with Crippen LogP contribution in [-0.2, 0) is 9.59 Å². The quantitative estimate of drug-likeness (QED) is 0.849. The van der Waals surface area contributed by atoms with Crippen LogP contribution in [-0.4, -0.2) is 52.7 Å². The Morgan fingerprint density at radius 1 is 1.28 bits per heavy atom. The van der Waals surface area contributed by atoms with Crippen molar-refractivity contribution in [3.63, 3.8) is 0 Å². The van der Waals surface area contributed by atoms with Crippen molar-refractivity contribution in [2.45, 2.75) is 18.9 Å². The molecule has 4 rings (SSSR count). The molecule has 1 aromatic carbocycles. The number of nitrogens with zero attached hydrogens (tertiary/aromatic N) is 4. The molecule has 2 aliphatic heterocycles. The maximum atomic E-state index is 12.8. The van der Waals surface area contributed by atoms with Crippen LogP contribution in [0.3, 0.4) is 0 Å². The first-order chi connectivity index (χ1) is 12.2. The molecule has 130 valence electrons. The lowest BCUT2D eigenvalue weighted by Gasteiger charge is -2.35. The summed E-state index contributed by atoms with van der Waals surface area (Å²) in [7, 11) is 0. The number of benzene rings is 1. The summed E-state index contributed by atoms with van der Waals surface area (Å²) in [6, 6.07) is 9.40. The Morgan fingerprint density at radius 2 is 2.16 bits per heavy atom. The molecule has 2 aromatic rings. The van der Waals surface area contributed by atoms with Crippen molar-refractivity contribution in [1.29, 1.82) is 0 Å². The predicted molar refractivity (Wildman–Crippen MR) is 91.4 cm³/mol. The van der Waals surface area contributed by atoms with Crippen LogP contribution in [0, 0.1) is 0 Å². The largest absolute Gasteiger partial charge is 0.482 e. The van der Waals surface area contributed by atoms with E-state index in [1.165, 1.54) is 4.90 Å². The molecule has 0 aliphatic carbocycles. The Bertz CT molecular complexity index is 774. The smallest absolute Gasteiger partial charge is 0.265 e. The van der Waals surface area contributed by atoms with E-state index in [-0.39, 0.29) is 31.0 Å². The van der Waals surface area contributed by atoms with Crippen LogP contribution in [0.25, 0.3) is 0 Å². The second-order valence-electron chi connectivity index (χ2n) is 6.36. The van der Waals surface area contributed by atoms with Gasteiger partial charge in [-0.2, -0.15) is 5.10 Å². The van der Waals surface area contributed by atoms with Gasteiger partial charge in [-0.1, -0.05) is 12.1 Å². The molecule has 0 N–H and O–H groups in total. The SMILES string of the molecule is O=C(CN1C(=O)COc2ccccc21)N1CCC[C@H](n2cccn2)C1. The lowest BCUT2D eigenvalue weighted by Crippen LogP contribution is -2.49. The predicted octanol–water partition coefficient (Wildman–Crippen LogP) is 1.47. The van der Waals surface area contributed by atoms with Gasteiger partial charge in [0.05, 0.1) is 11.7 Å². The maximum absolute atomic E-state index is 12.8. The first kappa shape index (κ1) is 15.7. The molecule has 7 nitrogen and oxygen atoms in total. The number of rotatable bonds is 3. The molecule has 1 fully saturated rings. The van der Waals surface area contributed by atoms with Gasteiger partial charge in [-0.15, -0.1) is 0 Å². The number of hydrogen-bond acceptors (Lipinski definition) is 4. The fraction of sp³-hybridized carbons (Fsp3) is 0.389. The van der Waals surface area contributed by atoms with Gasteiger partial charge in [0.1, 0.15) is 12.3 Å². The summed E-state index contributed by atoms with van der Waals surface area (Å²) in [6.45, 7) is 1.36. The van der Waals surface area contributed by atoms with E-state index < -0.39 is 0 Å². The molecule has 1 aromatic heterocycles. The molecule has 2 aliphatic rings. The zero-order valence-electron chi connectivity index (χ0n) is 13.9. The molecule has 0 spiro atoms. The summed E-state index contributed by atoms with van der Waals surface area (Å²) in [4.78, 5) is 28.4. The Balaban J connectivity index is 1.47. The molecular formula is C18H20N4O3. The van der Waals surface area contributed by atoms with Gasteiger partial charge in [0, 0.05) is 25.5 Å². The molecule has 3 heterocycles. The third-order valence-electron chi connectivity index (χ3n) is 4.75. The number of piperidine rings is 1. The number of likely N-dealkylation sites (tertiary alicyclic amines) is 1. The molecule has 25 heavy (non-hydrogen) atoms. The molecule has 2 amide bonds. The standard InChI is InChI=1S/C18H20N4O3/c23-17(20-9-3-5-14(11-20)22-10-4-8-19-22)12-21-15-6-1-2-7-16(15)25-13-18(21)24/h1-2,4,6-8,10,14H,3,5,9,11-13H2/t14-/m0/s1. The highest BCUT2D eigenvalue weighted by molar-refractivity contribution is 6.02. The van der Waals surface area contributed by atoms with Crippen LogP contribution < -0.4 is 9.64 Å². The van der Waals surface area contributed by atoms with E-state index >= 15 is 0 Å². The van der Waals surface area contributed by atoms with Crippen LogP contribution in [0.5, 0.6) is 5.75 Å². The van der Waals surface area contributed by atoms with Crippen molar-refractivity contribution in [1.82, 2.24) is 14.7 Å². The van der Waals surface area contributed by atoms with Gasteiger partial charge in [0.25, 0.3) is 5.91 Å². The summed E-state index contributed by atoms with van der Waals surface area (Å²) in [6.07, 6.45) is 5.62. The van der Waals surface area contributed by atoms with Crippen molar-refractivity contribution in [3.8, 4) is 5.75 Å². The van der Waals surface area contributed by atoms with Gasteiger partial charge >= 0.3 is 0 Å². The Hall–Kier alpha value is -2.83. The molecule has 0 unspecified atom stereocenters. The zero-order chi connectivity index (χ0) is 17.2. The van der Waals surface area contributed by atoms with Gasteiger partial charge in [0.2, 0.25) is 5.91 Å². The van der Waals surface area contributed by atoms with Crippen molar-refractivity contribution in [3.05, 3.63) is 42.7 Å². The topological polar surface area (TPSA) is 67.7 Å². The van der Waals surface area contributed by atoms with Gasteiger partial charge in [-0.3, -0.25) is 19.2 Å². The monoisotopic (exact) mass is 340 g/mol. The number of para-hydroxylation sites is 2. The van der Waals surface area contributed by atoms with Crippen LogP contribution in [0.2, 0.25) is 0 Å². The Labute approximate surface area is 145 Å². The molecule has 0 saturated carbocycles. The van der Waals surface area contributed by atoms with Crippen molar-refractivity contribution >= 4 is 17.5 Å². The highest BCUT2D eigenvalue weighted by Gasteiger charge is 2.31. The minimum Gasteiger partial charge on any atom is -0.482 e. The normalized spacial score (nSPS) is 20.2. The summed E-state index contributed by atoms with van der Waals surface area (Å²) in [5.74, 6) is 0.414. The van der Waals surface area contributed by atoms with E-state index in [1.807, 2.05) is 46.1 Å². The van der Waals surface area contributed by atoms with Crippen LogP contribution in [0.1, 0.15) is 18.9 Å². The van der Waals surface area contributed by atoms with Crippen molar-refractivity contribution in [2.24, 2.45) is 0 Å². The summed E-state index contributed by atoms with van der Waals surface area (Å²) in [5, 5.41) is 4.29. The molecule has 0 bridgehead atoms. The van der Waals surface area contributed by atoms with E-state index in [9.17, 15) is 9.59 Å². The highest BCUT2D eigenvalue weighted by atomic mass is 16.5. The van der Waals surface area contributed by atoms with Gasteiger partial charge in [0.15, 0.2) is 6.61 Å². The molecule has 7 heteroatoms. The molecule has 1 saturated heterocycles. The minimum atomic E-state index is -0.187. The number of hydrogen-bond donors (Lipinski definition) is 0. The number of anilines is 1. The molecular weight excluding hydrogens is 320 g/mol. The summed E-state index contributed by atoms with van der Waals surface area (Å²) >= 11 is 0. The van der Waals surface area contributed by atoms with Gasteiger partial charge < -0.3 is 9.64 Å². The molecule has 0 radical (unpaired) electrons. The third kappa shape index (κ3) is 3.09. The second kappa shape index (κ2) is 6.58. The van der Waals surface area contributed by atoms with Gasteiger partial charge in [-0.05, 0) is 31.0 Å². The van der Waals surface area contributed by atoms with Crippen LogP contribution in [0.15, 0.2) is 42.7 Å². The average Bonchev–Trinajstić information content (AvgIpc) is 3.19. The number of carbonyl (C=O) groups is 2. The lowest BCUT2D eigenvalue weighted by molar-refractivity contribution is -0.133. The van der Waals surface area contributed by atoms with E-state index in [2.05, 4.69) is 5.10 Å². The lowest BCUT2D eigenvalue weighted by atomic mass is 10.1. The number of aromatic nitrogens is 2. The third-order valence-corrected chi connectivity index (χ3v) is 4.75. The first-order valence-electron chi connectivity index (χ1n) is 8.51. The summed E-state index contributed by atoms with van der Waals surface area (Å²) in [5.41, 5.74) is 0.660. The maximum Gasteiger partial charge on any atom is 0.265 e. The highest BCUT2D eigenvalue weighted by Crippen LogP contribution is 2.31. The Morgan fingerprint density at radius 3 is 3.00 bits per heavy atom. The van der Waals surface area contributed by atoms with Crippen molar-refractivity contribution in [2.75, 3.05) is 31.1 Å². The fourth-order valence-electron chi connectivity index (χ4n) is 3.46. The van der Waals surface area contributed by atoms with E-state index in [1.54, 1.807) is 6.20 Å². The van der Waals surface area contributed by atoms with Crippen LogP contribution >= 0.6 is 0 Å². The fourth-order valence-corrected chi connectivity index (χ4v) is 3.46. The second-order valence-corrected chi connectivity index (χ2v) is 6.36.